The van der Waals surface area contributed by atoms with Gasteiger partial charge in [0.2, 0.25) is 5.91 Å². The topological polar surface area (TPSA) is 95.9 Å². The van der Waals surface area contributed by atoms with Crippen molar-refractivity contribution in [1.82, 2.24) is 5.32 Å². The Labute approximate surface area is 411 Å². The van der Waals surface area contributed by atoms with Gasteiger partial charge in [-0.15, -0.1) is 0 Å². The summed E-state index contributed by atoms with van der Waals surface area (Å²) in [6.07, 6.45) is 64.9. The van der Waals surface area contributed by atoms with Gasteiger partial charge in [0.1, 0.15) is 6.10 Å². The summed E-state index contributed by atoms with van der Waals surface area (Å²) < 4.78 is 5.96. The van der Waals surface area contributed by atoms with Gasteiger partial charge in [0.25, 0.3) is 0 Å². The van der Waals surface area contributed by atoms with Crippen molar-refractivity contribution in [2.24, 2.45) is 0 Å². The van der Waals surface area contributed by atoms with Crippen LogP contribution in [0.1, 0.15) is 310 Å². The summed E-state index contributed by atoms with van der Waals surface area (Å²) in [5.41, 5.74) is 0. The Morgan fingerprint density at radius 2 is 0.773 bits per heavy atom. The third-order valence-electron chi connectivity index (χ3n) is 13.4. The molecule has 0 aromatic carbocycles. The molecule has 0 fully saturated rings. The number of aliphatic hydroxyl groups is 2. The minimum Gasteiger partial charge on any atom is -0.462 e. The minimum atomic E-state index is -0.789. The molecule has 0 bridgehead atoms. The van der Waals surface area contributed by atoms with E-state index in [0.29, 0.717) is 19.3 Å². The van der Waals surface area contributed by atoms with Gasteiger partial charge in [0.05, 0.1) is 25.2 Å². The SMILES string of the molecule is CCCCC/C=C\C/C=C\CCCCCCCCCCCC(=O)OC(CCCCCCC/C=C/CCCCCCCC)CC(=O)NC(CO)C(O)CCCCCCCCCCCCCCC. The minimum absolute atomic E-state index is 0.0733. The number of unbranched alkanes of at least 4 members (excludes halogenated alkanes) is 35. The fraction of sp³-hybridized carbons (Fsp3) is 0.867. The zero-order valence-corrected chi connectivity index (χ0v) is 44.3. The zero-order valence-electron chi connectivity index (χ0n) is 44.3. The molecule has 0 spiro atoms. The number of ether oxygens (including phenoxy) is 1. The molecule has 0 aliphatic heterocycles. The van der Waals surface area contributed by atoms with Crippen molar-refractivity contribution in [2.45, 2.75) is 328 Å². The van der Waals surface area contributed by atoms with Crippen molar-refractivity contribution < 1.29 is 24.5 Å². The van der Waals surface area contributed by atoms with Gasteiger partial charge in [-0.25, -0.2) is 0 Å². The van der Waals surface area contributed by atoms with Crippen molar-refractivity contribution in [3.05, 3.63) is 36.5 Å². The number of hydrogen-bond acceptors (Lipinski definition) is 5. The molecular formula is C60H113NO5. The molecule has 0 rings (SSSR count). The molecular weight excluding hydrogens is 815 g/mol. The summed E-state index contributed by atoms with van der Waals surface area (Å²) >= 11 is 0. The van der Waals surface area contributed by atoms with Crippen LogP contribution in [0.25, 0.3) is 0 Å². The van der Waals surface area contributed by atoms with E-state index in [1.54, 1.807) is 0 Å². The number of aliphatic hydroxyl groups excluding tert-OH is 2. The van der Waals surface area contributed by atoms with Gasteiger partial charge in [-0.2, -0.15) is 0 Å². The highest BCUT2D eigenvalue weighted by atomic mass is 16.5. The van der Waals surface area contributed by atoms with Crippen molar-refractivity contribution in [3.8, 4) is 0 Å². The van der Waals surface area contributed by atoms with E-state index in [4.69, 9.17) is 4.74 Å². The fourth-order valence-electron chi connectivity index (χ4n) is 8.99. The molecule has 66 heavy (non-hydrogen) atoms. The molecule has 0 aliphatic carbocycles. The number of carbonyl (C=O) groups excluding carboxylic acids is 2. The van der Waals surface area contributed by atoms with E-state index in [1.807, 2.05) is 0 Å². The Hall–Kier alpha value is -1.92. The third kappa shape index (κ3) is 48.5. The first-order chi connectivity index (χ1) is 32.5. The average Bonchev–Trinajstić information content (AvgIpc) is 3.31. The molecule has 3 N–H and O–H groups in total. The smallest absolute Gasteiger partial charge is 0.306 e. The van der Waals surface area contributed by atoms with E-state index in [-0.39, 0.29) is 24.9 Å². The van der Waals surface area contributed by atoms with E-state index in [1.165, 1.54) is 199 Å². The molecule has 3 unspecified atom stereocenters. The molecule has 0 aromatic rings. The highest BCUT2D eigenvalue weighted by Crippen LogP contribution is 2.18. The summed E-state index contributed by atoms with van der Waals surface area (Å²) in [5, 5.41) is 23.9. The standard InChI is InChI=1S/C60H113NO5/c1-4-7-10-13-16-19-22-25-27-28-29-30-32-35-38-41-44-47-50-53-60(65)66-56(51-48-45-42-39-36-34-31-26-23-20-17-14-11-8-5-2)54-59(64)61-57(55-62)58(63)52-49-46-43-40-37-33-24-21-18-15-12-9-6-3/h16,19,25-27,31,56-58,62-63H,4-15,17-18,20-24,28-30,32-55H2,1-3H3,(H,61,64)/b19-16-,27-25-,31-26+. The summed E-state index contributed by atoms with van der Waals surface area (Å²) in [5.74, 6) is -0.472. The zero-order chi connectivity index (χ0) is 48.1. The van der Waals surface area contributed by atoms with Crippen LogP contribution in [0.15, 0.2) is 36.5 Å². The van der Waals surface area contributed by atoms with Gasteiger partial charge >= 0.3 is 5.97 Å². The van der Waals surface area contributed by atoms with E-state index in [2.05, 4.69) is 62.5 Å². The monoisotopic (exact) mass is 928 g/mol. The number of amides is 1. The van der Waals surface area contributed by atoms with Crippen LogP contribution >= 0.6 is 0 Å². The molecule has 0 radical (unpaired) electrons. The van der Waals surface area contributed by atoms with Crippen LogP contribution in [0.2, 0.25) is 0 Å². The third-order valence-corrected chi connectivity index (χ3v) is 13.4. The molecule has 6 heteroatoms. The first-order valence-electron chi connectivity index (χ1n) is 29.2. The predicted molar refractivity (Wildman–Crippen MR) is 287 cm³/mol. The van der Waals surface area contributed by atoms with Crippen LogP contribution in [0, 0.1) is 0 Å². The summed E-state index contributed by atoms with van der Waals surface area (Å²) in [6, 6.07) is -0.703. The van der Waals surface area contributed by atoms with Crippen molar-refractivity contribution in [2.75, 3.05) is 6.61 Å². The van der Waals surface area contributed by atoms with Crippen LogP contribution in [0.4, 0.5) is 0 Å². The molecule has 388 valence electrons. The summed E-state index contributed by atoms with van der Waals surface area (Å²) in [6.45, 7) is 6.48. The molecule has 6 nitrogen and oxygen atoms in total. The Balaban J connectivity index is 4.53. The highest BCUT2D eigenvalue weighted by molar-refractivity contribution is 5.77. The lowest BCUT2D eigenvalue weighted by Crippen LogP contribution is -2.46. The maximum absolute atomic E-state index is 13.3. The van der Waals surface area contributed by atoms with E-state index in [9.17, 15) is 19.8 Å². The molecule has 0 aromatic heterocycles. The van der Waals surface area contributed by atoms with Crippen LogP contribution < -0.4 is 5.32 Å². The van der Waals surface area contributed by atoms with E-state index >= 15 is 0 Å². The lowest BCUT2D eigenvalue weighted by atomic mass is 10.0. The lowest BCUT2D eigenvalue weighted by Gasteiger charge is -2.24. The van der Waals surface area contributed by atoms with Gasteiger partial charge in [-0.1, -0.05) is 250 Å². The Morgan fingerprint density at radius 3 is 1.20 bits per heavy atom. The normalized spacial score (nSPS) is 13.3. The number of rotatable bonds is 53. The highest BCUT2D eigenvalue weighted by Gasteiger charge is 2.24. The fourth-order valence-corrected chi connectivity index (χ4v) is 8.99. The second kappa shape index (κ2) is 54.0. The summed E-state index contributed by atoms with van der Waals surface area (Å²) in [7, 11) is 0. The van der Waals surface area contributed by atoms with Crippen molar-refractivity contribution in [3.63, 3.8) is 0 Å². The Bertz CT molecular complexity index is 1090. The summed E-state index contributed by atoms with van der Waals surface area (Å²) in [4.78, 5) is 26.3. The Morgan fingerprint density at radius 1 is 0.439 bits per heavy atom. The number of carbonyl (C=O) groups is 2. The maximum Gasteiger partial charge on any atom is 0.306 e. The lowest BCUT2D eigenvalue weighted by molar-refractivity contribution is -0.151. The van der Waals surface area contributed by atoms with Gasteiger partial charge in [-0.3, -0.25) is 9.59 Å². The average molecular weight is 929 g/mol. The first kappa shape index (κ1) is 64.1. The first-order valence-corrected chi connectivity index (χ1v) is 29.2. The van der Waals surface area contributed by atoms with Gasteiger partial charge < -0.3 is 20.3 Å². The second-order valence-corrected chi connectivity index (χ2v) is 20.0. The van der Waals surface area contributed by atoms with Crippen LogP contribution in [0.5, 0.6) is 0 Å². The molecule has 0 saturated carbocycles. The van der Waals surface area contributed by atoms with E-state index < -0.39 is 18.2 Å². The van der Waals surface area contributed by atoms with Crippen LogP contribution in [0.3, 0.4) is 0 Å². The van der Waals surface area contributed by atoms with Gasteiger partial charge in [0, 0.05) is 6.42 Å². The second-order valence-electron chi connectivity index (χ2n) is 20.0. The Kier molecular flexibility index (Phi) is 52.5. The number of allylic oxidation sites excluding steroid dienone is 6. The van der Waals surface area contributed by atoms with Crippen LogP contribution in [-0.2, 0) is 14.3 Å². The molecule has 1 amide bonds. The number of hydrogen-bond donors (Lipinski definition) is 3. The quantitative estimate of drug-likeness (QED) is 0.0321. The van der Waals surface area contributed by atoms with Gasteiger partial charge in [0.15, 0.2) is 0 Å². The van der Waals surface area contributed by atoms with Gasteiger partial charge in [-0.05, 0) is 83.5 Å². The van der Waals surface area contributed by atoms with E-state index in [0.717, 1.165) is 64.2 Å². The molecule has 0 saturated heterocycles. The largest absolute Gasteiger partial charge is 0.462 e. The van der Waals surface area contributed by atoms with Crippen molar-refractivity contribution >= 4 is 11.9 Å². The van der Waals surface area contributed by atoms with Crippen molar-refractivity contribution in [1.29, 1.82) is 0 Å². The van der Waals surface area contributed by atoms with Crippen LogP contribution in [-0.4, -0.2) is 46.9 Å². The number of esters is 1. The molecule has 3 atom stereocenters. The predicted octanol–water partition coefficient (Wildman–Crippen LogP) is 18.0. The maximum atomic E-state index is 13.3. The molecule has 0 aliphatic rings. The molecule has 0 heterocycles. The number of nitrogens with one attached hydrogen (secondary N) is 1.